The van der Waals surface area contributed by atoms with E-state index in [1.165, 1.54) is 0 Å². The van der Waals surface area contributed by atoms with Crippen molar-refractivity contribution >= 4 is 22.6 Å². The number of aromatic nitrogens is 5. The largest absolute Gasteiger partial charge is 0.268 e. The van der Waals surface area contributed by atoms with Crippen molar-refractivity contribution in [3.8, 4) is 11.1 Å². The first-order chi connectivity index (χ1) is 11.7. The molecule has 0 atom stereocenters. The fraction of sp³-hybridized carbons (Fsp3) is 0.111. The lowest BCUT2D eigenvalue weighted by Gasteiger charge is -2.02. The van der Waals surface area contributed by atoms with Gasteiger partial charge in [-0.1, -0.05) is 17.7 Å². The second-order valence-corrected chi connectivity index (χ2v) is 6.02. The summed E-state index contributed by atoms with van der Waals surface area (Å²) >= 11 is 5.96. The minimum absolute atomic E-state index is 0.462. The molecule has 0 unspecified atom stereocenters. The molecule has 0 aliphatic carbocycles. The summed E-state index contributed by atoms with van der Waals surface area (Å²) in [7, 11) is 0. The third kappa shape index (κ3) is 2.98. The van der Waals surface area contributed by atoms with Gasteiger partial charge in [-0.25, -0.2) is 4.98 Å². The third-order valence-electron chi connectivity index (χ3n) is 3.79. The van der Waals surface area contributed by atoms with E-state index < -0.39 is 0 Å². The molecule has 4 rings (SSSR count). The van der Waals surface area contributed by atoms with E-state index in [0.717, 1.165) is 33.4 Å². The SMILES string of the molecule is Cc1ccc(Cn2cc(-c3cnc4ccc(Cl)nc4c3)cn2)cn1. The molecule has 0 radical (unpaired) electrons. The molecule has 24 heavy (non-hydrogen) atoms. The number of fused-ring (bicyclic) bond motifs is 1. The Morgan fingerprint density at radius 3 is 2.71 bits per heavy atom. The van der Waals surface area contributed by atoms with Crippen LogP contribution in [-0.2, 0) is 6.54 Å². The van der Waals surface area contributed by atoms with Crippen molar-refractivity contribution in [1.29, 1.82) is 0 Å². The van der Waals surface area contributed by atoms with E-state index in [9.17, 15) is 0 Å². The monoisotopic (exact) mass is 335 g/mol. The lowest BCUT2D eigenvalue weighted by Crippen LogP contribution is -2.00. The molecular formula is C18H14ClN5. The highest BCUT2D eigenvalue weighted by Gasteiger charge is 2.06. The molecule has 0 amide bonds. The van der Waals surface area contributed by atoms with E-state index in [1.54, 1.807) is 6.07 Å². The van der Waals surface area contributed by atoms with E-state index in [0.29, 0.717) is 11.7 Å². The summed E-state index contributed by atoms with van der Waals surface area (Å²) in [6, 6.07) is 9.64. The van der Waals surface area contributed by atoms with Crippen LogP contribution in [0.2, 0.25) is 5.15 Å². The van der Waals surface area contributed by atoms with Crippen LogP contribution in [0.3, 0.4) is 0 Å². The van der Waals surface area contributed by atoms with E-state index in [-0.39, 0.29) is 0 Å². The van der Waals surface area contributed by atoms with Crippen LogP contribution in [0.1, 0.15) is 11.3 Å². The fourth-order valence-electron chi connectivity index (χ4n) is 2.52. The van der Waals surface area contributed by atoms with Crippen molar-refractivity contribution in [2.45, 2.75) is 13.5 Å². The minimum Gasteiger partial charge on any atom is -0.268 e. The quantitative estimate of drug-likeness (QED) is 0.533. The Morgan fingerprint density at radius 2 is 1.88 bits per heavy atom. The molecule has 0 aliphatic rings. The van der Waals surface area contributed by atoms with Gasteiger partial charge in [0.05, 0.1) is 23.8 Å². The van der Waals surface area contributed by atoms with E-state index in [1.807, 2.05) is 54.6 Å². The Bertz CT molecular complexity index is 1010. The van der Waals surface area contributed by atoms with Gasteiger partial charge in [0.1, 0.15) is 5.15 Å². The van der Waals surface area contributed by atoms with Gasteiger partial charge >= 0.3 is 0 Å². The van der Waals surface area contributed by atoms with Crippen LogP contribution in [0.5, 0.6) is 0 Å². The molecule has 5 nitrogen and oxygen atoms in total. The zero-order chi connectivity index (χ0) is 16.5. The topological polar surface area (TPSA) is 56.5 Å². The molecule has 0 fully saturated rings. The van der Waals surface area contributed by atoms with Gasteiger partial charge in [0.25, 0.3) is 0 Å². The molecule has 0 bridgehead atoms. The standard InChI is InChI=1S/C18H14ClN5/c1-12-2-3-13(7-20-12)10-24-11-15(9-22-24)14-6-17-16(21-8-14)4-5-18(19)23-17/h2-9,11H,10H2,1H3. The highest BCUT2D eigenvalue weighted by molar-refractivity contribution is 6.29. The molecule has 0 aromatic carbocycles. The summed E-state index contributed by atoms with van der Waals surface area (Å²) in [5.41, 5.74) is 5.67. The van der Waals surface area contributed by atoms with Gasteiger partial charge < -0.3 is 0 Å². The maximum atomic E-state index is 5.96. The first kappa shape index (κ1) is 14.8. The average Bonchev–Trinajstić information content (AvgIpc) is 3.05. The number of rotatable bonds is 3. The van der Waals surface area contributed by atoms with Crippen molar-refractivity contribution in [3.63, 3.8) is 0 Å². The van der Waals surface area contributed by atoms with Crippen LogP contribution in [-0.4, -0.2) is 24.7 Å². The zero-order valence-electron chi connectivity index (χ0n) is 13.0. The second kappa shape index (κ2) is 6.02. The molecule has 6 heteroatoms. The van der Waals surface area contributed by atoms with Gasteiger partial charge in [0, 0.05) is 35.4 Å². The van der Waals surface area contributed by atoms with Crippen LogP contribution in [0.25, 0.3) is 22.2 Å². The van der Waals surface area contributed by atoms with Crippen LogP contribution >= 0.6 is 11.6 Å². The number of aryl methyl sites for hydroxylation is 1. The van der Waals surface area contributed by atoms with Gasteiger partial charge in [-0.15, -0.1) is 0 Å². The van der Waals surface area contributed by atoms with E-state index in [2.05, 4.69) is 26.1 Å². The molecule has 4 aromatic rings. The summed E-state index contributed by atoms with van der Waals surface area (Å²) in [6.45, 7) is 2.65. The normalized spacial score (nSPS) is 11.1. The Hall–Kier alpha value is -2.79. The summed E-state index contributed by atoms with van der Waals surface area (Å²) in [6.07, 6.45) is 7.52. The van der Waals surface area contributed by atoms with Crippen molar-refractivity contribution < 1.29 is 0 Å². The maximum absolute atomic E-state index is 5.96. The van der Waals surface area contributed by atoms with Crippen LogP contribution in [0.15, 0.2) is 55.1 Å². The highest BCUT2D eigenvalue weighted by Crippen LogP contribution is 2.22. The van der Waals surface area contributed by atoms with Gasteiger partial charge in [-0.3, -0.25) is 14.6 Å². The van der Waals surface area contributed by atoms with Gasteiger partial charge in [-0.2, -0.15) is 5.10 Å². The van der Waals surface area contributed by atoms with E-state index >= 15 is 0 Å². The second-order valence-electron chi connectivity index (χ2n) is 5.63. The summed E-state index contributed by atoms with van der Waals surface area (Å²) < 4.78 is 1.89. The molecule has 0 saturated heterocycles. The number of halogens is 1. The molecule has 4 heterocycles. The predicted octanol–water partition coefficient (Wildman–Crippen LogP) is 3.90. The van der Waals surface area contributed by atoms with Crippen LogP contribution in [0.4, 0.5) is 0 Å². The number of pyridine rings is 3. The molecular weight excluding hydrogens is 322 g/mol. The number of hydrogen-bond donors (Lipinski definition) is 0. The highest BCUT2D eigenvalue weighted by atomic mass is 35.5. The summed E-state index contributed by atoms with van der Waals surface area (Å²) in [4.78, 5) is 13.1. The maximum Gasteiger partial charge on any atom is 0.129 e. The Kier molecular flexibility index (Phi) is 3.70. The van der Waals surface area contributed by atoms with Crippen LogP contribution in [0, 0.1) is 6.92 Å². The fourth-order valence-corrected chi connectivity index (χ4v) is 2.67. The van der Waals surface area contributed by atoms with Crippen molar-refractivity contribution in [3.05, 3.63) is 71.5 Å². The zero-order valence-corrected chi connectivity index (χ0v) is 13.8. The smallest absolute Gasteiger partial charge is 0.129 e. The number of hydrogen-bond acceptors (Lipinski definition) is 4. The van der Waals surface area contributed by atoms with E-state index in [4.69, 9.17) is 11.6 Å². The van der Waals surface area contributed by atoms with Gasteiger partial charge in [0.2, 0.25) is 0 Å². The summed E-state index contributed by atoms with van der Waals surface area (Å²) in [5.74, 6) is 0. The first-order valence-corrected chi connectivity index (χ1v) is 7.92. The van der Waals surface area contributed by atoms with Crippen molar-refractivity contribution in [2.24, 2.45) is 0 Å². The Balaban J connectivity index is 1.63. The first-order valence-electron chi connectivity index (χ1n) is 7.54. The lowest BCUT2D eigenvalue weighted by atomic mass is 10.1. The molecule has 4 aromatic heterocycles. The lowest BCUT2D eigenvalue weighted by molar-refractivity contribution is 0.684. The average molecular weight is 336 g/mol. The predicted molar refractivity (Wildman–Crippen MR) is 93.8 cm³/mol. The third-order valence-corrected chi connectivity index (χ3v) is 4.00. The van der Waals surface area contributed by atoms with Crippen molar-refractivity contribution in [1.82, 2.24) is 24.7 Å². The van der Waals surface area contributed by atoms with Crippen molar-refractivity contribution in [2.75, 3.05) is 0 Å². The number of nitrogens with zero attached hydrogens (tertiary/aromatic N) is 5. The Morgan fingerprint density at radius 1 is 0.958 bits per heavy atom. The molecule has 0 spiro atoms. The summed E-state index contributed by atoms with van der Waals surface area (Å²) in [5, 5.41) is 4.88. The van der Waals surface area contributed by atoms with Crippen LogP contribution < -0.4 is 0 Å². The molecule has 0 N–H and O–H groups in total. The molecule has 0 saturated carbocycles. The van der Waals surface area contributed by atoms with Gasteiger partial charge in [0.15, 0.2) is 0 Å². The van der Waals surface area contributed by atoms with Gasteiger partial charge in [-0.05, 0) is 36.8 Å². The minimum atomic E-state index is 0.462. The molecule has 118 valence electrons. The Labute approximate surface area is 144 Å². The molecule has 0 aliphatic heterocycles.